The largest absolute Gasteiger partial charge is 0.416 e. The second-order valence-corrected chi connectivity index (χ2v) is 4.50. The Hall–Kier alpha value is -1.24. The lowest BCUT2D eigenvalue weighted by Crippen LogP contribution is -2.28. The molecule has 2 amide bonds. The molecule has 0 atom stereocenters. The molecule has 1 fully saturated rings. The van der Waals surface area contributed by atoms with E-state index in [1.54, 1.807) is 0 Å². The van der Waals surface area contributed by atoms with Crippen LogP contribution in [0.1, 0.15) is 5.56 Å². The molecule has 7 heteroatoms. The molecular formula is C10H8BrF3N2O. The monoisotopic (exact) mass is 308 g/mol. The number of urea groups is 1. The van der Waals surface area contributed by atoms with Gasteiger partial charge in [0.05, 0.1) is 5.56 Å². The zero-order valence-electron chi connectivity index (χ0n) is 8.51. The highest BCUT2D eigenvalue weighted by molar-refractivity contribution is 9.10. The number of nitrogens with one attached hydrogen (secondary N) is 1. The number of hydrogen-bond acceptors (Lipinski definition) is 1. The quantitative estimate of drug-likeness (QED) is 0.850. The van der Waals surface area contributed by atoms with E-state index < -0.39 is 11.7 Å². The number of carbonyl (C=O) groups is 1. The van der Waals surface area contributed by atoms with Crippen molar-refractivity contribution in [3.63, 3.8) is 0 Å². The van der Waals surface area contributed by atoms with Gasteiger partial charge in [-0.15, -0.1) is 0 Å². The molecule has 0 radical (unpaired) electrons. The Morgan fingerprint density at radius 2 is 2.00 bits per heavy atom. The Morgan fingerprint density at radius 3 is 2.53 bits per heavy atom. The zero-order valence-corrected chi connectivity index (χ0v) is 10.1. The Bertz CT molecular complexity index is 461. The van der Waals surface area contributed by atoms with Gasteiger partial charge in [-0.3, -0.25) is 4.90 Å². The molecule has 0 spiro atoms. The van der Waals surface area contributed by atoms with Crippen LogP contribution in [0.25, 0.3) is 0 Å². The van der Waals surface area contributed by atoms with Gasteiger partial charge >= 0.3 is 12.2 Å². The first-order valence-corrected chi connectivity index (χ1v) is 5.60. The van der Waals surface area contributed by atoms with Gasteiger partial charge < -0.3 is 5.32 Å². The van der Waals surface area contributed by atoms with Gasteiger partial charge in [-0.05, 0) is 18.2 Å². The molecule has 1 N–H and O–H groups in total. The third kappa shape index (κ3) is 2.54. The van der Waals surface area contributed by atoms with E-state index in [2.05, 4.69) is 21.2 Å². The van der Waals surface area contributed by atoms with Crippen LogP contribution in [-0.4, -0.2) is 19.1 Å². The predicted molar refractivity (Wildman–Crippen MR) is 59.9 cm³/mol. The second-order valence-electron chi connectivity index (χ2n) is 3.58. The van der Waals surface area contributed by atoms with Crippen molar-refractivity contribution in [1.82, 2.24) is 5.32 Å². The topological polar surface area (TPSA) is 32.3 Å². The van der Waals surface area contributed by atoms with Crippen LogP contribution in [-0.2, 0) is 6.18 Å². The standard InChI is InChI=1S/C10H8BrF3N2O/c11-7-3-6(10(12,13)14)4-8(5-7)16-2-1-15-9(16)17/h3-5H,1-2H2,(H,15,17). The van der Waals surface area contributed by atoms with Gasteiger partial charge in [0.25, 0.3) is 0 Å². The molecule has 1 saturated heterocycles. The van der Waals surface area contributed by atoms with Gasteiger partial charge in [0.1, 0.15) is 0 Å². The second kappa shape index (κ2) is 4.21. The number of anilines is 1. The number of carbonyl (C=O) groups excluding carboxylic acids is 1. The molecule has 0 saturated carbocycles. The van der Waals surface area contributed by atoms with Crippen LogP contribution in [0.4, 0.5) is 23.7 Å². The fourth-order valence-electron chi connectivity index (χ4n) is 1.61. The van der Waals surface area contributed by atoms with Crippen molar-refractivity contribution < 1.29 is 18.0 Å². The van der Waals surface area contributed by atoms with Gasteiger partial charge in [-0.25, -0.2) is 4.79 Å². The Labute approximate surface area is 104 Å². The third-order valence-electron chi connectivity index (χ3n) is 2.38. The van der Waals surface area contributed by atoms with Crippen molar-refractivity contribution in [2.45, 2.75) is 6.18 Å². The Morgan fingerprint density at radius 1 is 1.29 bits per heavy atom. The highest BCUT2D eigenvalue weighted by Gasteiger charge is 2.32. The summed E-state index contributed by atoms with van der Waals surface area (Å²) in [6.07, 6.45) is -4.42. The molecule has 17 heavy (non-hydrogen) atoms. The van der Waals surface area contributed by atoms with Crippen LogP contribution in [0.5, 0.6) is 0 Å². The zero-order chi connectivity index (χ0) is 12.6. The molecule has 0 aromatic heterocycles. The molecule has 0 bridgehead atoms. The first-order chi connectivity index (χ1) is 7.88. The number of hydrogen-bond donors (Lipinski definition) is 1. The van der Waals surface area contributed by atoms with E-state index in [9.17, 15) is 18.0 Å². The summed E-state index contributed by atoms with van der Waals surface area (Å²) in [5, 5.41) is 2.54. The van der Waals surface area contributed by atoms with Crippen molar-refractivity contribution in [1.29, 1.82) is 0 Å². The predicted octanol–water partition coefficient (Wildman–Crippen LogP) is 3.00. The van der Waals surface area contributed by atoms with Crippen LogP contribution in [0.15, 0.2) is 22.7 Å². The minimum Gasteiger partial charge on any atom is -0.336 e. The lowest BCUT2D eigenvalue weighted by Gasteiger charge is -2.17. The van der Waals surface area contributed by atoms with Gasteiger partial charge in [0.2, 0.25) is 0 Å². The first-order valence-electron chi connectivity index (χ1n) is 4.81. The van der Waals surface area contributed by atoms with Crippen molar-refractivity contribution >= 4 is 27.6 Å². The summed E-state index contributed by atoms with van der Waals surface area (Å²) in [4.78, 5) is 12.6. The van der Waals surface area contributed by atoms with Crippen molar-refractivity contribution in [3.8, 4) is 0 Å². The molecule has 0 aliphatic carbocycles. The maximum Gasteiger partial charge on any atom is 0.416 e. The van der Waals surface area contributed by atoms with E-state index in [0.717, 1.165) is 12.1 Å². The number of alkyl halides is 3. The molecule has 1 aliphatic rings. The molecular weight excluding hydrogens is 301 g/mol. The molecule has 0 unspecified atom stereocenters. The van der Waals surface area contributed by atoms with Gasteiger partial charge in [-0.2, -0.15) is 13.2 Å². The number of rotatable bonds is 1. The number of nitrogens with zero attached hydrogens (tertiary/aromatic N) is 1. The van der Waals surface area contributed by atoms with E-state index in [-0.39, 0.29) is 11.7 Å². The maximum absolute atomic E-state index is 12.6. The summed E-state index contributed by atoms with van der Waals surface area (Å²) in [6, 6.07) is 3.06. The van der Waals surface area contributed by atoms with Gasteiger partial charge in [0, 0.05) is 23.2 Å². The average Bonchev–Trinajstić information content (AvgIpc) is 2.62. The van der Waals surface area contributed by atoms with E-state index in [1.807, 2.05) is 0 Å². The van der Waals surface area contributed by atoms with Gasteiger partial charge in [-0.1, -0.05) is 15.9 Å². The normalized spacial score (nSPS) is 16.2. The SMILES string of the molecule is O=C1NCCN1c1cc(Br)cc(C(F)(F)F)c1. The van der Waals surface area contributed by atoms with Crippen LogP contribution in [0.3, 0.4) is 0 Å². The highest BCUT2D eigenvalue weighted by Crippen LogP contribution is 2.34. The molecule has 1 aromatic rings. The first kappa shape index (κ1) is 12.2. The summed E-state index contributed by atoms with van der Waals surface area (Å²) in [5.74, 6) is 0. The summed E-state index contributed by atoms with van der Waals surface area (Å²) in [7, 11) is 0. The van der Waals surface area contributed by atoms with Crippen LogP contribution < -0.4 is 10.2 Å². The van der Waals surface area contributed by atoms with E-state index in [1.165, 1.54) is 11.0 Å². The molecule has 2 rings (SSSR count). The van der Waals surface area contributed by atoms with Gasteiger partial charge in [0.15, 0.2) is 0 Å². The third-order valence-corrected chi connectivity index (χ3v) is 2.84. The smallest absolute Gasteiger partial charge is 0.336 e. The van der Waals surface area contributed by atoms with Crippen molar-refractivity contribution in [3.05, 3.63) is 28.2 Å². The highest BCUT2D eigenvalue weighted by atomic mass is 79.9. The van der Waals surface area contributed by atoms with Crippen molar-refractivity contribution in [2.75, 3.05) is 18.0 Å². The minimum absolute atomic E-state index is 0.238. The van der Waals surface area contributed by atoms with Crippen LogP contribution in [0.2, 0.25) is 0 Å². The molecule has 3 nitrogen and oxygen atoms in total. The summed E-state index contributed by atoms with van der Waals surface area (Å²) in [5.41, 5.74) is -0.539. The van der Waals surface area contributed by atoms with E-state index >= 15 is 0 Å². The van der Waals surface area contributed by atoms with Crippen molar-refractivity contribution in [2.24, 2.45) is 0 Å². The number of amides is 2. The summed E-state index contributed by atoms with van der Waals surface area (Å²) < 4.78 is 38.1. The Balaban J connectivity index is 2.41. The fraction of sp³-hybridized carbons (Fsp3) is 0.300. The Kier molecular flexibility index (Phi) is 3.03. The minimum atomic E-state index is -4.42. The maximum atomic E-state index is 12.6. The molecule has 1 aliphatic heterocycles. The number of halogens is 4. The average molecular weight is 309 g/mol. The number of benzene rings is 1. The van der Waals surface area contributed by atoms with E-state index in [4.69, 9.17) is 0 Å². The lowest BCUT2D eigenvalue weighted by atomic mass is 10.2. The summed E-state index contributed by atoms with van der Waals surface area (Å²) in [6.45, 7) is 0.805. The summed E-state index contributed by atoms with van der Waals surface area (Å²) >= 11 is 3.01. The lowest BCUT2D eigenvalue weighted by molar-refractivity contribution is -0.137. The molecule has 1 aromatic carbocycles. The van der Waals surface area contributed by atoms with Crippen LogP contribution >= 0.6 is 15.9 Å². The fourth-order valence-corrected chi connectivity index (χ4v) is 2.09. The van der Waals surface area contributed by atoms with Crippen LogP contribution in [0, 0.1) is 0 Å². The molecule has 92 valence electrons. The molecule has 1 heterocycles. The van der Waals surface area contributed by atoms with E-state index in [0.29, 0.717) is 17.6 Å².